The summed E-state index contributed by atoms with van der Waals surface area (Å²) >= 11 is 1.35. The lowest BCUT2D eigenvalue weighted by Gasteiger charge is -2.13. The zero-order valence-electron chi connectivity index (χ0n) is 11.5. The van der Waals surface area contributed by atoms with E-state index in [2.05, 4.69) is 31.1 Å². The van der Waals surface area contributed by atoms with E-state index in [1.54, 1.807) is 0 Å². The van der Waals surface area contributed by atoms with Crippen molar-refractivity contribution in [3.63, 3.8) is 0 Å². The van der Waals surface area contributed by atoms with Gasteiger partial charge in [0.05, 0.1) is 0 Å². The van der Waals surface area contributed by atoms with Crippen LogP contribution >= 0.6 is 11.3 Å². The highest BCUT2D eigenvalue weighted by Gasteiger charge is 2.17. The summed E-state index contributed by atoms with van der Waals surface area (Å²) in [6.07, 6.45) is 1.03. The van der Waals surface area contributed by atoms with Crippen LogP contribution in [0.1, 0.15) is 36.9 Å². The number of nitrogens with two attached hydrogens (primary N) is 1. The Morgan fingerprint density at radius 3 is 2.78 bits per heavy atom. The maximum atomic E-state index is 11.9. The Kier molecular flexibility index (Phi) is 5.40. The lowest BCUT2D eigenvalue weighted by atomic mass is 10.2. The van der Waals surface area contributed by atoms with Gasteiger partial charge < -0.3 is 16.0 Å². The molecule has 1 amide bonds. The third kappa shape index (κ3) is 3.87. The van der Waals surface area contributed by atoms with Gasteiger partial charge in [0.2, 0.25) is 0 Å². The van der Waals surface area contributed by atoms with Gasteiger partial charge in [-0.1, -0.05) is 32.1 Å². The summed E-state index contributed by atoms with van der Waals surface area (Å²) < 4.78 is 0. The predicted octanol–water partition coefficient (Wildman–Crippen LogP) is 1.96. The molecule has 0 radical (unpaired) electrons. The van der Waals surface area contributed by atoms with E-state index in [9.17, 15) is 4.79 Å². The third-order valence-electron chi connectivity index (χ3n) is 2.40. The number of amides is 1. The number of carbonyl (C=O) groups excluding carboxylic acids is 1. The van der Waals surface area contributed by atoms with Crippen molar-refractivity contribution >= 4 is 28.2 Å². The van der Waals surface area contributed by atoms with Gasteiger partial charge in [-0.25, -0.2) is 4.98 Å². The summed E-state index contributed by atoms with van der Waals surface area (Å²) in [4.78, 5) is 18.7. The second kappa shape index (κ2) is 6.58. The highest BCUT2D eigenvalue weighted by Crippen LogP contribution is 2.27. The Morgan fingerprint density at radius 2 is 2.22 bits per heavy atom. The molecule has 6 heteroatoms. The minimum Gasteiger partial charge on any atom is -0.382 e. The van der Waals surface area contributed by atoms with Crippen molar-refractivity contribution in [3.05, 3.63) is 4.88 Å². The molecule has 0 spiro atoms. The zero-order chi connectivity index (χ0) is 13.7. The van der Waals surface area contributed by atoms with Crippen LogP contribution in [0.25, 0.3) is 0 Å². The molecule has 0 atom stereocenters. The average Bonchev–Trinajstić information content (AvgIpc) is 2.68. The van der Waals surface area contributed by atoms with Crippen LogP contribution in [0, 0.1) is 5.92 Å². The molecule has 1 aromatic heterocycles. The number of nitrogens with zero attached hydrogens (tertiary/aromatic N) is 2. The van der Waals surface area contributed by atoms with Gasteiger partial charge >= 0.3 is 0 Å². The van der Waals surface area contributed by atoms with E-state index in [0.29, 0.717) is 23.2 Å². The number of carbonyl (C=O) groups is 1. The molecule has 0 aromatic carbocycles. The van der Waals surface area contributed by atoms with Crippen molar-refractivity contribution in [2.75, 3.05) is 30.8 Å². The molecular formula is C12H22N4OS. The molecular weight excluding hydrogens is 248 g/mol. The fourth-order valence-electron chi connectivity index (χ4n) is 1.45. The van der Waals surface area contributed by atoms with Crippen LogP contribution < -0.4 is 16.0 Å². The van der Waals surface area contributed by atoms with E-state index in [0.717, 1.165) is 18.1 Å². The molecule has 0 bridgehead atoms. The zero-order valence-corrected chi connectivity index (χ0v) is 12.3. The number of thiazole rings is 1. The largest absolute Gasteiger partial charge is 0.382 e. The molecule has 0 aliphatic heterocycles. The van der Waals surface area contributed by atoms with Crippen LogP contribution in [0.15, 0.2) is 0 Å². The molecule has 102 valence electrons. The van der Waals surface area contributed by atoms with Gasteiger partial charge in [-0.2, -0.15) is 0 Å². The summed E-state index contributed by atoms with van der Waals surface area (Å²) in [5.41, 5.74) is 5.79. The molecule has 0 fully saturated rings. The molecule has 18 heavy (non-hydrogen) atoms. The topological polar surface area (TPSA) is 71.2 Å². The molecule has 1 heterocycles. The van der Waals surface area contributed by atoms with Crippen LogP contribution in [-0.4, -0.2) is 31.0 Å². The number of nitrogens with one attached hydrogen (secondary N) is 1. The number of nitrogen functional groups attached to an aromatic ring is 1. The second-order valence-corrected chi connectivity index (χ2v) is 5.71. The predicted molar refractivity (Wildman–Crippen MR) is 77.3 cm³/mol. The summed E-state index contributed by atoms with van der Waals surface area (Å²) in [7, 11) is 1.96. The quantitative estimate of drug-likeness (QED) is 0.829. The van der Waals surface area contributed by atoms with Gasteiger partial charge in [0.25, 0.3) is 5.91 Å². The van der Waals surface area contributed by atoms with Crippen molar-refractivity contribution in [1.29, 1.82) is 0 Å². The first-order chi connectivity index (χ1) is 8.45. The number of hydrogen-bond donors (Lipinski definition) is 2. The van der Waals surface area contributed by atoms with Gasteiger partial charge in [0.1, 0.15) is 10.7 Å². The number of anilines is 2. The van der Waals surface area contributed by atoms with Crippen molar-refractivity contribution in [3.8, 4) is 0 Å². The number of rotatable bonds is 6. The first-order valence-corrected chi connectivity index (χ1v) is 7.03. The van der Waals surface area contributed by atoms with E-state index < -0.39 is 0 Å². The van der Waals surface area contributed by atoms with Crippen LogP contribution in [-0.2, 0) is 0 Å². The Balaban J connectivity index is 2.74. The van der Waals surface area contributed by atoms with E-state index in [4.69, 9.17) is 5.73 Å². The van der Waals surface area contributed by atoms with Gasteiger partial charge in [-0.3, -0.25) is 4.79 Å². The fourth-order valence-corrected chi connectivity index (χ4v) is 2.34. The first-order valence-electron chi connectivity index (χ1n) is 6.21. The van der Waals surface area contributed by atoms with Crippen molar-refractivity contribution < 1.29 is 4.79 Å². The lowest BCUT2D eigenvalue weighted by Crippen LogP contribution is -2.27. The van der Waals surface area contributed by atoms with Crippen LogP contribution in [0.5, 0.6) is 0 Å². The maximum Gasteiger partial charge on any atom is 0.265 e. The highest BCUT2D eigenvalue weighted by atomic mass is 32.1. The van der Waals surface area contributed by atoms with Gasteiger partial charge in [-0.05, 0) is 12.3 Å². The summed E-state index contributed by atoms with van der Waals surface area (Å²) in [5, 5.41) is 3.65. The first kappa shape index (κ1) is 14.8. The standard InChI is InChI=1S/C12H22N4OS/c1-5-6-16(4)12-15-10(13)9(18-12)11(17)14-7-8(2)3/h8H,5-7,13H2,1-4H3,(H,14,17). The summed E-state index contributed by atoms with van der Waals surface area (Å²) in [6.45, 7) is 7.76. The molecule has 3 N–H and O–H groups in total. The van der Waals surface area contributed by atoms with Crippen LogP contribution in [0.2, 0.25) is 0 Å². The van der Waals surface area contributed by atoms with Crippen molar-refractivity contribution in [1.82, 2.24) is 10.3 Å². The van der Waals surface area contributed by atoms with E-state index in [-0.39, 0.29) is 5.91 Å². The van der Waals surface area contributed by atoms with Gasteiger partial charge in [-0.15, -0.1) is 0 Å². The monoisotopic (exact) mass is 270 g/mol. The summed E-state index contributed by atoms with van der Waals surface area (Å²) in [6, 6.07) is 0. The molecule has 0 saturated heterocycles. The summed E-state index contributed by atoms with van der Waals surface area (Å²) in [5.74, 6) is 0.611. The van der Waals surface area contributed by atoms with Crippen LogP contribution in [0.3, 0.4) is 0 Å². The molecule has 1 aromatic rings. The SMILES string of the molecule is CCCN(C)c1nc(N)c(C(=O)NCC(C)C)s1. The fraction of sp³-hybridized carbons (Fsp3) is 0.667. The van der Waals surface area contributed by atoms with E-state index in [1.807, 2.05) is 11.9 Å². The minimum absolute atomic E-state index is 0.130. The van der Waals surface area contributed by atoms with Crippen LogP contribution in [0.4, 0.5) is 10.9 Å². The Labute approximate surface area is 112 Å². The van der Waals surface area contributed by atoms with Gasteiger partial charge in [0.15, 0.2) is 5.13 Å². The van der Waals surface area contributed by atoms with Gasteiger partial charge in [0, 0.05) is 20.1 Å². The molecule has 0 saturated carbocycles. The molecule has 0 unspecified atom stereocenters. The molecule has 1 rings (SSSR count). The third-order valence-corrected chi connectivity index (χ3v) is 3.59. The smallest absolute Gasteiger partial charge is 0.265 e. The Hall–Kier alpha value is -1.30. The van der Waals surface area contributed by atoms with E-state index in [1.165, 1.54) is 11.3 Å². The normalized spacial score (nSPS) is 10.7. The lowest BCUT2D eigenvalue weighted by molar-refractivity contribution is 0.0953. The Morgan fingerprint density at radius 1 is 1.56 bits per heavy atom. The second-order valence-electron chi connectivity index (χ2n) is 4.74. The average molecular weight is 270 g/mol. The van der Waals surface area contributed by atoms with Crippen molar-refractivity contribution in [2.45, 2.75) is 27.2 Å². The van der Waals surface area contributed by atoms with Crippen molar-refractivity contribution in [2.24, 2.45) is 5.92 Å². The molecule has 5 nitrogen and oxygen atoms in total. The number of aromatic nitrogens is 1. The minimum atomic E-state index is -0.130. The molecule has 0 aliphatic rings. The van der Waals surface area contributed by atoms with E-state index >= 15 is 0 Å². The number of hydrogen-bond acceptors (Lipinski definition) is 5. The Bertz CT molecular complexity index is 403. The molecule has 0 aliphatic carbocycles. The highest BCUT2D eigenvalue weighted by molar-refractivity contribution is 7.18. The maximum absolute atomic E-state index is 11.9.